The maximum Gasteiger partial charge on any atom is 0.329 e. The Morgan fingerprint density at radius 3 is 2.72 bits per heavy atom. The first-order valence-electron chi connectivity index (χ1n) is 5.64. The minimum atomic E-state index is -1.09. The number of hydrogen-bond donors (Lipinski definition) is 2. The van der Waals surface area contributed by atoms with Crippen LogP contribution in [0.3, 0.4) is 0 Å². The van der Waals surface area contributed by atoms with Crippen molar-refractivity contribution in [1.29, 1.82) is 0 Å². The third-order valence-electron chi connectivity index (χ3n) is 2.38. The van der Waals surface area contributed by atoms with Crippen LogP contribution in [0, 0.1) is 6.92 Å². The Bertz CT molecular complexity index is 431. The van der Waals surface area contributed by atoms with Gasteiger partial charge in [0.25, 0.3) is 0 Å². The van der Waals surface area contributed by atoms with Gasteiger partial charge in [0.15, 0.2) is 0 Å². The number of carboxylic acids is 1. The molecule has 0 aliphatic heterocycles. The van der Waals surface area contributed by atoms with Crippen molar-refractivity contribution in [2.75, 3.05) is 13.2 Å². The molecule has 0 aliphatic carbocycles. The van der Waals surface area contributed by atoms with Crippen molar-refractivity contribution in [3.8, 4) is 0 Å². The molecule has 0 aliphatic rings. The molecule has 5 heteroatoms. The topological polar surface area (TPSA) is 75.6 Å². The van der Waals surface area contributed by atoms with Gasteiger partial charge in [-0.3, -0.25) is 4.79 Å². The second-order valence-electron chi connectivity index (χ2n) is 4.09. The molecular weight excluding hydrogens is 234 g/mol. The van der Waals surface area contributed by atoms with Crippen LogP contribution in [0.1, 0.15) is 24.1 Å². The summed E-state index contributed by atoms with van der Waals surface area (Å²) in [6.45, 7) is 3.13. The van der Waals surface area contributed by atoms with E-state index < -0.39 is 12.6 Å². The highest BCUT2D eigenvalue weighted by atomic mass is 16.5. The fraction of sp³-hybridized carbons (Fsp3) is 0.385. The van der Waals surface area contributed by atoms with Crippen LogP contribution in [0.4, 0.5) is 0 Å². The summed E-state index contributed by atoms with van der Waals surface area (Å²) in [5.41, 5.74) is 2.12. The van der Waals surface area contributed by atoms with Crippen molar-refractivity contribution in [3.05, 3.63) is 35.4 Å². The predicted molar refractivity (Wildman–Crippen MR) is 66.2 cm³/mol. The van der Waals surface area contributed by atoms with Gasteiger partial charge in [-0.1, -0.05) is 29.8 Å². The van der Waals surface area contributed by atoms with E-state index in [-0.39, 0.29) is 18.6 Å². The number of nitrogens with one attached hydrogen (secondary N) is 1. The summed E-state index contributed by atoms with van der Waals surface area (Å²) in [4.78, 5) is 21.7. The highest BCUT2D eigenvalue weighted by Crippen LogP contribution is 2.13. The molecule has 0 saturated carbocycles. The monoisotopic (exact) mass is 251 g/mol. The summed E-state index contributed by atoms with van der Waals surface area (Å²) in [5.74, 6) is -1.42. The molecule has 0 radical (unpaired) electrons. The lowest BCUT2D eigenvalue weighted by Gasteiger charge is -2.14. The van der Waals surface area contributed by atoms with Crippen LogP contribution in [-0.4, -0.2) is 30.2 Å². The smallest absolute Gasteiger partial charge is 0.329 e. The van der Waals surface area contributed by atoms with Crippen molar-refractivity contribution in [3.63, 3.8) is 0 Å². The quantitative estimate of drug-likeness (QED) is 0.798. The fourth-order valence-electron chi connectivity index (χ4n) is 1.54. The summed E-state index contributed by atoms with van der Waals surface area (Å²) < 4.78 is 4.71. The molecule has 2 N–H and O–H groups in total. The molecule has 0 aromatic heterocycles. The Hall–Kier alpha value is -1.88. The summed E-state index contributed by atoms with van der Waals surface area (Å²) in [7, 11) is 0. The standard InChI is InChI=1S/C13H17NO4/c1-9-4-3-5-11(6-9)10(2)14-12(15)7-18-8-13(16)17/h3-6,10H,7-8H2,1-2H3,(H,14,15)(H,16,17)/t10-/m1/s1. The zero-order valence-electron chi connectivity index (χ0n) is 10.5. The molecule has 1 rings (SSSR count). The first-order valence-corrected chi connectivity index (χ1v) is 5.64. The van der Waals surface area contributed by atoms with Crippen molar-refractivity contribution in [1.82, 2.24) is 5.32 Å². The zero-order valence-corrected chi connectivity index (χ0v) is 10.5. The lowest BCUT2D eigenvalue weighted by Crippen LogP contribution is -2.30. The Morgan fingerprint density at radius 2 is 2.11 bits per heavy atom. The molecule has 1 atom stereocenters. The largest absolute Gasteiger partial charge is 0.480 e. The van der Waals surface area contributed by atoms with Gasteiger partial charge in [-0.2, -0.15) is 0 Å². The summed E-state index contributed by atoms with van der Waals surface area (Å²) in [6, 6.07) is 7.69. The van der Waals surface area contributed by atoms with Crippen LogP contribution in [0.15, 0.2) is 24.3 Å². The average molecular weight is 251 g/mol. The number of amides is 1. The normalized spacial score (nSPS) is 11.9. The van der Waals surface area contributed by atoms with E-state index in [4.69, 9.17) is 9.84 Å². The number of rotatable bonds is 6. The Kier molecular flexibility index (Phi) is 5.32. The first-order chi connectivity index (χ1) is 8.49. The minimum absolute atomic E-state index is 0.133. The molecular formula is C13H17NO4. The molecule has 0 fully saturated rings. The minimum Gasteiger partial charge on any atom is -0.480 e. The van der Waals surface area contributed by atoms with Crippen molar-refractivity contribution < 1.29 is 19.4 Å². The molecule has 0 heterocycles. The van der Waals surface area contributed by atoms with E-state index >= 15 is 0 Å². The number of hydrogen-bond acceptors (Lipinski definition) is 3. The lowest BCUT2D eigenvalue weighted by atomic mass is 10.1. The van der Waals surface area contributed by atoms with E-state index in [1.807, 2.05) is 38.1 Å². The molecule has 98 valence electrons. The van der Waals surface area contributed by atoms with E-state index in [9.17, 15) is 9.59 Å². The van der Waals surface area contributed by atoms with Gasteiger partial charge < -0.3 is 15.2 Å². The second kappa shape index (κ2) is 6.76. The maximum absolute atomic E-state index is 11.5. The second-order valence-corrected chi connectivity index (χ2v) is 4.09. The number of ether oxygens (including phenoxy) is 1. The van der Waals surface area contributed by atoms with Crippen LogP contribution in [0.25, 0.3) is 0 Å². The maximum atomic E-state index is 11.5. The van der Waals surface area contributed by atoms with Crippen LogP contribution >= 0.6 is 0 Å². The molecule has 1 aromatic rings. The van der Waals surface area contributed by atoms with Crippen LogP contribution in [0.2, 0.25) is 0 Å². The first kappa shape index (κ1) is 14.2. The van der Waals surface area contributed by atoms with Gasteiger partial charge in [-0.25, -0.2) is 4.79 Å². The van der Waals surface area contributed by atoms with Gasteiger partial charge in [0.1, 0.15) is 13.2 Å². The number of carbonyl (C=O) groups is 2. The fourth-order valence-corrected chi connectivity index (χ4v) is 1.54. The zero-order chi connectivity index (χ0) is 13.5. The third kappa shape index (κ3) is 4.97. The molecule has 0 unspecified atom stereocenters. The van der Waals surface area contributed by atoms with Crippen LogP contribution < -0.4 is 5.32 Å². The SMILES string of the molecule is Cc1cccc([C@@H](C)NC(=O)COCC(=O)O)c1. The van der Waals surface area contributed by atoms with Crippen molar-refractivity contribution in [2.45, 2.75) is 19.9 Å². The van der Waals surface area contributed by atoms with E-state index in [0.717, 1.165) is 11.1 Å². The number of aliphatic carboxylic acids is 1. The Morgan fingerprint density at radius 1 is 1.39 bits per heavy atom. The van der Waals surface area contributed by atoms with Gasteiger partial charge in [0, 0.05) is 0 Å². The molecule has 5 nitrogen and oxygen atoms in total. The van der Waals surface area contributed by atoms with E-state index in [1.54, 1.807) is 0 Å². The van der Waals surface area contributed by atoms with Gasteiger partial charge in [0.05, 0.1) is 6.04 Å². The summed E-state index contributed by atoms with van der Waals surface area (Å²) >= 11 is 0. The molecule has 1 amide bonds. The molecule has 1 aromatic carbocycles. The van der Waals surface area contributed by atoms with Gasteiger partial charge in [-0.05, 0) is 19.4 Å². The molecule has 0 saturated heterocycles. The Balaban J connectivity index is 2.42. The highest BCUT2D eigenvalue weighted by Gasteiger charge is 2.10. The molecule has 18 heavy (non-hydrogen) atoms. The van der Waals surface area contributed by atoms with E-state index in [2.05, 4.69) is 5.32 Å². The number of benzene rings is 1. The predicted octanol–water partition coefficient (Wildman–Crippen LogP) is 1.27. The summed E-state index contributed by atoms with van der Waals surface area (Å²) in [6.07, 6.45) is 0. The average Bonchev–Trinajstić information content (AvgIpc) is 2.28. The number of carboxylic acid groups (broad SMARTS) is 1. The van der Waals surface area contributed by atoms with Gasteiger partial charge in [-0.15, -0.1) is 0 Å². The highest BCUT2D eigenvalue weighted by molar-refractivity contribution is 5.78. The Labute approximate surface area is 106 Å². The number of aryl methyl sites for hydroxylation is 1. The molecule has 0 spiro atoms. The lowest BCUT2D eigenvalue weighted by molar-refractivity contribution is -0.143. The third-order valence-corrected chi connectivity index (χ3v) is 2.38. The summed E-state index contributed by atoms with van der Waals surface area (Å²) in [5, 5.41) is 11.1. The van der Waals surface area contributed by atoms with Crippen molar-refractivity contribution >= 4 is 11.9 Å². The van der Waals surface area contributed by atoms with E-state index in [1.165, 1.54) is 0 Å². The van der Waals surface area contributed by atoms with Gasteiger partial charge in [0.2, 0.25) is 5.91 Å². The van der Waals surface area contributed by atoms with Crippen molar-refractivity contribution in [2.24, 2.45) is 0 Å². The molecule has 0 bridgehead atoms. The van der Waals surface area contributed by atoms with Crippen LogP contribution in [0.5, 0.6) is 0 Å². The van der Waals surface area contributed by atoms with Crippen LogP contribution in [-0.2, 0) is 14.3 Å². The van der Waals surface area contributed by atoms with E-state index in [0.29, 0.717) is 0 Å². The van der Waals surface area contributed by atoms with Gasteiger partial charge >= 0.3 is 5.97 Å². The number of carbonyl (C=O) groups excluding carboxylic acids is 1.